The summed E-state index contributed by atoms with van der Waals surface area (Å²) in [6.45, 7) is 6.73. The van der Waals surface area contributed by atoms with Crippen molar-refractivity contribution in [3.05, 3.63) is 35.4 Å². The Kier molecular flexibility index (Phi) is 5.50. The molecule has 90 valence electrons. The molecule has 2 unspecified atom stereocenters. The fourth-order valence-corrected chi connectivity index (χ4v) is 1.91. The van der Waals surface area contributed by atoms with Crippen molar-refractivity contribution >= 4 is 0 Å². The molecule has 0 bridgehead atoms. The lowest BCUT2D eigenvalue weighted by Gasteiger charge is -2.22. The van der Waals surface area contributed by atoms with Gasteiger partial charge in [-0.25, -0.2) is 0 Å². The molecule has 2 nitrogen and oxygen atoms in total. The summed E-state index contributed by atoms with van der Waals surface area (Å²) in [5, 5.41) is 10.1. The summed E-state index contributed by atoms with van der Waals surface area (Å²) in [5.41, 5.74) is 2.43. The number of hydrogen-bond acceptors (Lipinski definition) is 2. The Morgan fingerprint density at radius 1 is 1.25 bits per heavy atom. The maximum absolute atomic E-state index is 10.1. The maximum atomic E-state index is 10.1. The van der Waals surface area contributed by atoms with Gasteiger partial charge in [0.25, 0.3) is 0 Å². The molecule has 2 atom stereocenters. The van der Waals surface area contributed by atoms with Crippen LogP contribution < -0.4 is 0 Å². The van der Waals surface area contributed by atoms with E-state index in [1.54, 1.807) is 0 Å². The van der Waals surface area contributed by atoms with Crippen molar-refractivity contribution in [2.45, 2.75) is 45.8 Å². The Bertz CT molecular complexity index is 309. The van der Waals surface area contributed by atoms with Crippen LogP contribution in [0, 0.1) is 6.92 Å². The van der Waals surface area contributed by atoms with E-state index >= 15 is 0 Å². The van der Waals surface area contributed by atoms with Crippen molar-refractivity contribution in [1.29, 1.82) is 0 Å². The lowest BCUT2D eigenvalue weighted by Crippen LogP contribution is -2.30. The molecule has 0 spiro atoms. The third kappa shape index (κ3) is 3.62. The zero-order chi connectivity index (χ0) is 12.0. The van der Waals surface area contributed by atoms with Gasteiger partial charge in [-0.1, -0.05) is 31.2 Å². The van der Waals surface area contributed by atoms with Crippen LogP contribution in [0.2, 0.25) is 0 Å². The van der Waals surface area contributed by atoms with Gasteiger partial charge in [-0.3, -0.25) is 0 Å². The first-order valence-electron chi connectivity index (χ1n) is 6.03. The highest BCUT2D eigenvalue weighted by atomic mass is 16.5. The number of hydrogen-bond donors (Lipinski definition) is 1. The Balaban J connectivity index is 2.62. The van der Waals surface area contributed by atoms with Gasteiger partial charge in [0.15, 0.2) is 0 Å². The van der Waals surface area contributed by atoms with Crippen LogP contribution in [-0.4, -0.2) is 23.9 Å². The van der Waals surface area contributed by atoms with E-state index < -0.39 is 6.10 Å². The van der Waals surface area contributed by atoms with E-state index in [0.717, 1.165) is 6.42 Å². The van der Waals surface area contributed by atoms with Gasteiger partial charge in [0, 0.05) is 13.0 Å². The largest absolute Gasteiger partial charge is 0.390 e. The van der Waals surface area contributed by atoms with Crippen LogP contribution >= 0.6 is 0 Å². The number of ether oxygens (including phenoxy) is 1. The van der Waals surface area contributed by atoms with E-state index in [2.05, 4.69) is 19.1 Å². The summed E-state index contributed by atoms with van der Waals surface area (Å²) < 4.78 is 5.51. The first-order valence-corrected chi connectivity index (χ1v) is 6.03. The fraction of sp³-hybridized carbons (Fsp3) is 0.571. The first-order chi connectivity index (χ1) is 7.69. The monoisotopic (exact) mass is 222 g/mol. The highest BCUT2D eigenvalue weighted by molar-refractivity contribution is 5.26. The summed E-state index contributed by atoms with van der Waals surface area (Å²) in [5.74, 6) is 0. The van der Waals surface area contributed by atoms with Crippen molar-refractivity contribution in [2.75, 3.05) is 6.61 Å². The van der Waals surface area contributed by atoms with Crippen LogP contribution in [0.5, 0.6) is 0 Å². The van der Waals surface area contributed by atoms with E-state index in [1.807, 2.05) is 26.0 Å². The van der Waals surface area contributed by atoms with Crippen LogP contribution in [0.25, 0.3) is 0 Å². The lowest BCUT2D eigenvalue weighted by atomic mass is 9.99. The standard InChI is InChI=1S/C14H22O2/c1-4-14(16-5-2)13(15)10-12-9-7-6-8-11(12)3/h6-9,13-15H,4-5,10H2,1-3H3. The number of aryl methyl sites for hydroxylation is 1. The van der Waals surface area contributed by atoms with Crippen LogP contribution in [0.1, 0.15) is 31.4 Å². The van der Waals surface area contributed by atoms with Crippen molar-refractivity contribution < 1.29 is 9.84 Å². The van der Waals surface area contributed by atoms with Gasteiger partial charge in [-0.05, 0) is 31.4 Å². The average Bonchev–Trinajstić information content (AvgIpc) is 2.29. The zero-order valence-electron chi connectivity index (χ0n) is 10.4. The van der Waals surface area contributed by atoms with Crippen molar-refractivity contribution in [2.24, 2.45) is 0 Å². The molecular weight excluding hydrogens is 200 g/mol. The third-order valence-electron chi connectivity index (χ3n) is 2.90. The molecule has 0 saturated heterocycles. The Morgan fingerprint density at radius 3 is 2.50 bits per heavy atom. The van der Waals surface area contributed by atoms with E-state index in [4.69, 9.17) is 4.74 Å². The molecule has 2 heteroatoms. The highest BCUT2D eigenvalue weighted by Gasteiger charge is 2.18. The quantitative estimate of drug-likeness (QED) is 0.802. The predicted molar refractivity (Wildman–Crippen MR) is 66.6 cm³/mol. The second-order valence-electron chi connectivity index (χ2n) is 4.10. The van der Waals surface area contributed by atoms with Crippen LogP contribution in [0.3, 0.4) is 0 Å². The Morgan fingerprint density at radius 2 is 1.94 bits per heavy atom. The van der Waals surface area contributed by atoms with Crippen molar-refractivity contribution in [3.63, 3.8) is 0 Å². The SMILES string of the molecule is CCOC(CC)C(O)Cc1ccccc1C. The molecule has 1 N–H and O–H groups in total. The number of aliphatic hydroxyl groups excluding tert-OH is 1. The van der Waals surface area contributed by atoms with Gasteiger partial charge in [-0.15, -0.1) is 0 Å². The maximum Gasteiger partial charge on any atom is 0.0842 e. The van der Waals surface area contributed by atoms with Crippen LogP contribution in [-0.2, 0) is 11.2 Å². The molecule has 0 amide bonds. The van der Waals surface area contributed by atoms with Gasteiger partial charge in [0.1, 0.15) is 0 Å². The second-order valence-corrected chi connectivity index (χ2v) is 4.10. The molecule has 0 radical (unpaired) electrons. The van der Waals surface area contributed by atoms with Gasteiger partial charge in [-0.2, -0.15) is 0 Å². The smallest absolute Gasteiger partial charge is 0.0842 e. The van der Waals surface area contributed by atoms with E-state index in [0.29, 0.717) is 13.0 Å². The van der Waals surface area contributed by atoms with Gasteiger partial charge < -0.3 is 9.84 Å². The minimum absolute atomic E-state index is 0.0513. The molecule has 0 saturated carbocycles. The van der Waals surface area contributed by atoms with Crippen LogP contribution in [0.15, 0.2) is 24.3 Å². The topological polar surface area (TPSA) is 29.5 Å². The molecular formula is C14H22O2. The molecule has 0 aliphatic carbocycles. The molecule has 0 aromatic heterocycles. The summed E-state index contributed by atoms with van der Waals surface area (Å²) in [6.07, 6.45) is 1.06. The normalized spacial score (nSPS) is 14.8. The molecule has 0 fully saturated rings. The van der Waals surface area contributed by atoms with Crippen LogP contribution in [0.4, 0.5) is 0 Å². The molecule has 0 heterocycles. The average molecular weight is 222 g/mol. The lowest BCUT2D eigenvalue weighted by molar-refractivity contribution is -0.0335. The van der Waals surface area contributed by atoms with Gasteiger partial charge in [0.2, 0.25) is 0 Å². The number of rotatable bonds is 6. The molecule has 0 aliphatic heterocycles. The number of benzene rings is 1. The second kappa shape index (κ2) is 6.66. The highest BCUT2D eigenvalue weighted by Crippen LogP contribution is 2.14. The molecule has 1 aromatic rings. The summed E-state index contributed by atoms with van der Waals surface area (Å²) in [7, 11) is 0. The minimum atomic E-state index is -0.411. The molecule has 0 aliphatic rings. The third-order valence-corrected chi connectivity index (χ3v) is 2.90. The zero-order valence-corrected chi connectivity index (χ0v) is 10.4. The van der Waals surface area contributed by atoms with E-state index in [9.17, 15) is 5.11 Å². The fourth-order valence-electron chi connectivity index (χ4n) is 1.91. The van der Waals surface area contributed by atoms with Gasteiger partial charge in [0.05, 0.1) is 12.2 Å². The van der Waals surface area contributed by atoms with Crippen molar-refractivity contribution in [1.82, 2.24) is 0 Å². The Hall–Kier alpha value is -0.860. The summed E-state index contributed by atoms with van der Waals surface area (Å²) in [4.78, 5) is 0. The van der Waals surface area contributed by atoms with E-state index in [-0.39, 0.29) is 6.10 Å². The van der Waals surface area contributed by atoms with E-state index in [1.165, 1.54) is 11.1 Å². The van der Waals surface area contributed by atoms with Crippen molar-refractivity contribution in [3.8, 4) is 0 Å². The van der Waals surface area contributed by atoms with Gasteiger partial charge >= 0.3 is 0 Å². The first kappa shape index (κ1) is 13.2. The molecule has 1 rings (SSSR count). The number of aliphatic hydroxyl groups is 1. The molecule has 16 heavy (non-hydrogen) atoms. The Labute approximate surface area is 98.3 Å². The molecule has 1 aromatic carbocycles. The minimum Gasteiger partial charge on any atom is -0.390 e. The predicted octanol–water partition coefficient (Wildman–Crippen LogP) is 2.71. The summed E-state index contributed by atoms with van der Waals surface area (Å²) >= 11 is 0. The summed E-state index contributed by atoms with van der Waals surface area (Å²) in [6, 6.07) is 8.17.